The van der Waals surface area contributed by atoms with E-state index in [2.05, 4.69) is 31.5 Å². The number of carbonyl (C=O) groups excluding carboxylic acids is 4. The summed E-state index contributed by atoms with van der Waals surface area (Å²) >= 11 is 3.26. The molecule has 2 aromatic rings. The van der Waals surface area contributed by atoms with Crippen LogP contribution in [0.3, 0.4) is 0 Å². The summed E-state index contributed by atoms with van der Waals surface area (Å²) in [7, 11) is 0. The molecule has 1 aromatic carbocycles. The lowest BCUT2D eigenvalue weighted by atomic mass is 10.00. The molecule has 1 aromatic heterocycles. The van der Waals surface area contributed by atoms with Gasteiger partial charge in [-0.2, -0.15) is 0 Å². The highest BCUT2D eigenvalue weighted by molar-refractivity contribution is 9.10. The van der Waals surface area contributed by atoms with Crippen molar-refractivity contribution >= 4 is 45.7 Å². The maximum Gasteiger partial charge on any atom is 0.516 e. The van der Waals surface area contributed by atoms with Gasteiger partial charge in [0.25, 0.3) is 0 Å². The molecule has 0 saturated heterocycles. The molecule has 2 unspecified atom stereocenters. The van der Waals surface area contributed by atoms with Gasteiger partial charge in [0.1, 0.15) is 17.7 Å². The lowest BCUT2D eigenvalue weighted by Gasteiger charge is -2.17. The second-order valence-corrected chi connectivity index (χ2v) is 9.93. The van der Waals surface area contributed by atoms with E-state index in [1.807, 2.05) is 6.92 Å². The number of nitrogens with two attached hydrogens (primary N) is 1. The van der Waals surface area contributed by atoms with Gasteiger partial charge in [0.15, 0.2) is 11.5 Å². The minimum atomic E-state index is -1.30. The third-order valence-corrected chi connectivity index (χ3v) is 6.77. The fraction of sp³-hybridized carbons (Fsp3) is 0.423. The highest BCUT2D eigenvalue weighted by Gasteiger charge is 2.44. The van der Waals surface area contributed by atoms with E-state index in [-0.39, 0.29) is 29.2 Å². The van der Waals surface area contributed by atoms with E-state index in [0.717, 1.165) is 10.5 Å². The number of benzene rings is 1. The zero-order valence-corrected chi connectivity index (χ0v) is 23.2. The smallest absolute Gasteiger partial charge is 0.427 e. The number of hydrogen-bond donors (Lipinski definition) is 3. The molecule has 13 heteroatoms. The van der Waals surface area contributed by atoms with Crippen molar-refractivity contribution in [1.29, 1.82) is 0 Å². The summed E-state index contributed by atoms with van der Waals surface area (Å²) < 4.78 is 30.7. The average Bonchev–Trinajstić information content (AvgIpc) is 3.66. The fourth-order valence-electron chi connectivity index (χ4n) is 3.72. The standard InChI is InChI=1S/C26H30BrFN4O7/c1-4-13(3)22(29)24(34)37-12-38-26(36)39-23-15(19(33)5-2)7-8-17(28)21(23)16-10-18(16)31-25(35)32-20-9-6-14(27)11-30-20/h6-9,11,13,16,18,22H,4-5,10,12,29H2,1-3H3,(H2,30,31,32,35)/t13?,16-,18+,22?/m1/s1. The van der Waals surface area contributed by atoms with Crippen molar-refractivity contribution in [3.05, 3.63) is 51.9 Å². The second-order valence-electron chi connectivity index (χ2n) is 9.01. The summed E-state index contributed by atoms with van der Waals surface area (Å²) in [5.41, 5.74) is 5.72. The molecular formula is C26H30BrFN4O7. The number of anilines is 1. The van der Waals surface area contributed by atoms with Gasteiger partial charge >= 0.3 is 18.2 Å². The Hall–Kier alpha value is -3.58. The van der Waals surface area contributed by atoms with Gasteiger partial charge in [0, 0.05) is 34.6 Å². The molecule has 2 amide bonds. The number of esters is 1. The lowest BCUT2D eigenvalue weighted by Crippen LogP contribution is -2.38. The van der Waals surface area contributed by atoms with Crippen LogP contribution in [-0.2, 0) is 14.3 Å². The Bertz CT molecular complexity index is 1230. The Kier molecular flexibility index (Phi) is 10.4. The molecule has 1 fully saturated rings. The van der Waals surface area contributed by atoms with Crippen LogP contribution in [-0.4, -0.2) is 47.8 Å². The zero-order chi connectivity index (χ0) is 28.7. The van der Waals surface area contributed by atoms with E-state index < -0.39 is 54.6 Å². The first-order chi connectivity index (χ1) is 18.5. The number of halogens is 2. The lowest BCUT2D eigenvalue weighted by molar-refractivity contribution is -0.155. The van der Waals surface area contributed by atoms with Crippen LogP contribution in [0.1, 0.15) is 61.9 Å². The number of pyridine rings is 1. The van der Waals surface area contributed by atoms with Crippen LogP contribution in [0.5, 0.6) is 5.75 Å². The Morgan fingerprint density at radius 3 is 2.56 bits per heavy atom. The topological polar surface area (TPSA) is 159 Å². The SMILES string of the molecule is CCC(=O)c1ccc(F)c([C@@H]2C[C@@H]2NC(=O)Nc2ccc(Br)cn2)c1OC(=O)OCOC(=O)C(N)C(C)CC. The van der Waals surface area contributed by atoms with Crippen LogP contribution in [0.15, 0.2) is 34.9 Å². The third-order valence-electron chi connectivity index (χ3n) is 6.30. The van der Waals surface area contributed by atoms with Crippen molar-refractivity contribution in [3.63, 3.8) is 0 Å². The van der Waals surface area contributed by atoms with E-state index in [4.69, 9.17) is 19.9 Å². The summed E-state index contributed by atoms with van der Waals surface area (Å²) in [6, 6.07) is 3.68. The first-order valence-corrected chi connectivity index (χ1v) is 13.2. The van der Waals surface area contributed by atoms with Crippen molar-refractivity contribution < 1.29 is 37.8 Å². The van der Waals surface area contributed by atoms with E-state index in [0.29, 0.717) is 18.7 Å². The zero-order valence-electron chi connectivity index (χ0n) is 21.7. The van der Waals surface area contributed by atoms with Crippen LogP contribution >= 0.6 is 15.9 Å². The molecule has 39 heavy (non-hydrogen) atoms. The van der Waals surface area contributed by atoms with Crippen molar-refractivity contribution in [2.45, 2.75) is 58.0 Å². The average molecular weight is 609 g/mol. The predicted octanol–water partition coefficient (Wildman–Crippen LogP) is 4.64. The van der Waals surface area contributed by atoms with Crippen molar-refractivity contribution in [2.75, 3.05) is 12.1 Å². The highest BCUT2D eigenvalue weighted by atomic mass is 79.9. The minimum absolute atomic E-state index is 0.0178. The Morgan fingerprint density at radius 2 is 1.92 bits per heavy atom. The molecule has 0 aliphatic heterocycles. The van der Waals surface area contributed by atoms with Gasteiger partial charge in [-0.25, -0.2) is 19.0 Å². The number of nitrogens with one attached hydrogen (secondary N) is 2. The Labute approximate surface area is 233 Å². The third kappa shape index (κ3) is 7.96. The monoisotopic (exact) mass is 608 g/mol. The van der Waals surface area contributed by atoms with Crippen LogP contribution in [0.2, 0.25) is 0 Å². The molecule has 11 nitrogen and oxygen atoms in total. The van der Waals surface area contributed by atoms with E-state index in [1.165, 1.54) is 12.3 Å². The number of ketones is 1. The van der Waals surface area contributed by atoms with Gasteiger partial charge in [0.05, 0.1) is 5.56 Å². The van der Waals surface area contributed by atoms with Crippen LogP contribution < -0.4 is 21.1 Å². The number of Topliss-reactive ketones (excluding diaryl/α,β-unsaturated/α-hetero) is 1. The maximum absolute atomic E-state index is 15.0. The highest BCUT2D eigenvalue weighted by Crippen LogP contribution is 2.47. The molecule has 0 spiro atoms. The maximum atomic E-state index is 15.0. The fourth-order valence-corrected chi connectivity index (χ4v) is 3.95. The number of urea groups is 1. The molecule has 3 rings (SSSR count). The summed E-state index contributed by atoms with van der Waals surface area (Å²) in [5.74, 6) is -2.59. The number of aromatic nitrogens is 1. The molecule has 1 saturated carbocycles. The molecule has 0 radical (unpaired) electrons. The van der Waals surface area contributed by atoms with Gasteiger partial charge in [-0.3, -0.25) is 14.9 Å². The van der Waals surface area contributed by atoms with Crippen LogP contribution in [0.25, 0.3) is 0 Å². The van der Waals surface area contributed by atoms with Crippen LogP contribution in [0.4, 0.5) is 19.8 Å². The second kappa shape index (κ2) is 13.5. The molecule has 4 N–H and O–H groups in total. The van der Waals surface area contributed by atoms with Gasteiger partial charge in [0.2, 0.25) is 6.79 Å². The first-order valence-electron chi connectivity index (χ1n) is 12.4. The summed E-state index contributed by atoms with van der Waals surface area (Å²) in [6.45, 7) is 4.47. The van der Waals surface area contributed by atoms with Gasteiger partial charge in [-0.15, -0.1) is 0 Å². The Balaban J connectivity index is 1.69. The number of amides is 2. The first kappa shape index (κ1) is 30.0. The molecule has 210 valence electrons. The molecule has 4 atom stereocenters. The number of carbonyl (C=O) groups is 4. The summed E-state index contributed by atoms with van der Waals surface area (Å²) in [4.78, 5) is 53.4. The van der Waals surface area contributed by atoms with Gasteiger partial charge < -0.3 is 25.3 Å². The quantitative estimate of drug-likeness (QED) is 0.143. The number of rotatable bonds is 11. The van der Waals surface area contributed by atoms with Crippen molar-refractivity contribution in [3.8, 4) is 5.75 Å². The summed E-state index contributed by atoms with van der Waals surface area (Å²) in [5, 5.41) is 5.29. The normalized spacial score (nSPS) is 17.4. The predicted molar refractivity (Wildman–Crippen MR) is 142 cm³/mol. The summed E-state index contributed by atoms with van der Waals surface area (Å²) in [6.07, 6.45) is 1.26. The van der Waals surface area contributed by atoms with E-state index in [9.17, 15) is 19.2 Å². The largest absolute Gasteiger partial charge is 0.516 e. The molecule has 0 bridgehead atoms. The van der Waals surface area contributed by atoms with E-state index >= 15 is 4.39 Å². The molecule has 1 aliphatic rings. The van der Waals surface area contributed by atoms with E-state index in [1.54, 1.807) is 26.0 Å². The van der Waals surface area contributed by atoms with Gasteiger partial charge in [-0.05, 0) is 52.5 Å². The number of nitrogens with zero attached hydrogens (tertiary/aromatic N) is 1. The Morgan fingerprint density at radius 1 is 1.18 bits per heavy atom. The number of hydrogen-bond acceptors (Lipinski definition) is 9. The van der Waals surface area contributed by atoms with Gasteiger partial charge in [-0.1, -0.05) is 27.2 Å². The molecule has 1 heterocycles. The number of ether oxygens (including phenoxy) is 3. The molecule has 1 aliphatic carbocycles. The van der Waals surface area contributed by atoms with Crippen LogP contribution in [0, 0.1) is 11.7 Å². The minimum Gasteiger partial charge on any atom is -0.427 e. The van der Waals surface area contributed by atoms with Crippen molar-refractivity contribution in [1.82, 2.24) is 10.3 Å². The van der Waals surface area contributed by atoms with Crippen molar-refractivity contribution in [2.24, 2.45) is 11.7 Å². The molecular weight excluding hydrogens is 579 g/mol.